The minimum absolute atomic E-state index is 0.0566. The summed E-state index contributed by atoms with van der Waals surface area (Å²) in [5, 5.41) is 8.30. The van der Waals surface area contributed by atoms with Crippen LogP contribution in [0.25, 0.3) is 0 Å². The highest BCUT2D eigenvalue weighted by atomic mass is 32.2. The van der Waals surface area contributed by atoms with Crippen molar-refractivity contribution in [3.05, 3.63) is 0 Å². The molecule has 0 spiro atoms. The summed E-state index contributed by atoms with van der Waals surface area (Å²) in [6.07, 6.45) is 0. The standard InChI is InChI=1S/C9H17NO4S2/c1-3-16(13,14)8-6-15-5-4-10(8)7(2)9(11)12/h7-8H,3-6H2,1-2H3,(H,11,12). The summed E-state index contributed by atoms with van der Waals surface area (Å²) in [4.78, 5) is 12.5. The summed E-state index contributed by atoms with van der Waals surface area (Å²) in [5.41, 5.74) is 0. The van der Waals surface area contributed by atoms with Crippen molar-refractivity contribution in [3.63, 3.8) is 0 Å². The summed E-state index contributed by atoms with van der Waals surface area (Å²) >= 11 is 1.56. The van der Waals surface area contributed by atoms with Crippen molar-refractivity contribution in [3.8, 4) is 0 Å². The average Bonchev–Trinajstić information content (AvgIpc) is 2.28. The Hall–Kier alpha value is -0.270. The lowest BCUT2D eigenvalue weighted by molar-refractivity contribution is -0.142. The van der Waals surface area contributed by atoms with Crippen LogP contribution in [0.5, 0.6) is 0 Å². The summed E-state index contributed by atoms with van der Waals surface area (Å²) < 4.78 is 23.7. The van der Waals surface area contributed by atoms with Gasteiger partial charge >= 0.3 is 5.97 Å². The van der Waals surface area contributed by atoms with Gasteiger partial charge in [-0.3, -0.25) is 9.69 Å². The van der Waals surface area contributed by atoms with Crippen molar-refractivity contribution in [2.24, 2.45) is 0 Å². The van der Waals surface area contributed by atoms with E-state index < -0.39 is 27.2 Å². The Kier molecular flexibility index (Phi) is 4.63. The lowest BCUT2D eigenvalue weighted by atomic mass is 10.3. The predicted octanol–water partition coefficient (Wildman–Crippen LogP) is 0.269. The van der Waals surface area contributed by atoms with Crippen LogP contribution in [-0.2, 0) is 14.6 Å². The van der Waals surface area contributed by atoms with Crippen molar-refractivity contribution in [2.75, 3.05) is 23.8 Å². The highest BCUT2D eigenvalue weighted by molar-refractivity contribution is 8.01. The van der Waals surface area contributed by atoms with E-state index in [0.717, 1.165) is 5.75 Å². The zero-order chi connectivity index (χ0) is 12.3. The normalized spacial score (nSPS) is 25.2. The fraction of sp³-hybridized carbons (Fsp3) is 0.889. The third-order valence-corrected chi connectivity index (χ3v) is 6.10. The van der Waals surface area contributed by atoms with E-state index in [0.29, 0.717) is 12.3 Å². The quantitative estimate of drug-likeness (QED) is 0.788. The lowest BCUT2D eigenvalue weighted by Gasteiger charge is -2.36. The van der Waals surface area contributed by atoms with Crippen LogP contribution in [0.4, 0.5) is 0 Å². The van der Waals surface area contributed by atoms with Gasteiger partial charge in [0.05, 0.1) is 0 Å². The Morgan fingerprint density at radius 3 is 2.75 bits per heavy atom. The van der Waals surface area contributed by atoms with E-state index >= 15 is 0 Å². The van der Waals surface area contributed by atoms with Gasteiger partial charge in [-0.1, -0.05) is 6.92 Å². The van der Waals surface area contributed by atoms with Crippen LogP contribution >= 0.6 is 11.8 Å². The predicted molar refractivity (Wildman–Crippen MR) is 64.4 cm³/mol. The largest absolute Gasteiger partial charge is 0.480 e. The average molecular weight is 267 g/mol. The number of nitrogens with zero attached hydrogens (tertiary/aromatic N) is 1. The highest BCUT2D eigenvalue weighted by Gasteiger charge is 2.37. The summed E-state index contributed by atoms with van der Waals surface area (Å²) in [6.45, 7) is 3.65. The monoisotopic (exact) mass is 267 g/mol. The maximum Gasteiger partial charge on any atom is 0.320 e. The Morgan fingerprint density at radius 1 is 1.62 bits per heavy atom. The Balaban J connectivity index is 2.92. The van der Waals surface area contributed by atoms with Gasteiger partial charge in [-0.15, -0.1) is 0 Å². The molecule has 0 amide bonds. The van der Waals surface area contributed by atoms with Gasteiger partial charge in [0.2, 0.25) is 0 Å². The molecule has 0 aliphatic carbocycles. The number of hydrogen-bond donors (Lipinski definition) is 1. The molecule has 0 aromatic rings. The molecule has 1 aliphatic rings. The highest BCUT2D eigenvalue weighted by Crippen LogP contribution is 2.23. The zero-order valence-electron chi connectivity index (χ0n) is 9.42. The molecule has 2 unspecified atom stereocenters. The number of sulfone groups is 1. The van der Waals surface area contributed by atoms with Gasteiger partial charge in [0.1, 0.15) is 11.4 Å². The Bertz CT molecular complexity index is 355. The molecule has 0 saturated carbocycles. The second-order valence-electron chi connectivity index (χ2n) is 3.73. The number of thioether (sulfide) groups is 1. The molecule has 1 fully saturated rings. The maximum atomic E-state index is 11.8. The van der Waals surface area contributed by atoms with Gasteiger partial charge in [-0.25, -0.2) is 8.42 Å². The van der Waals surface area contributed by atoms with Crippen molar-refractivity contribution >= 4 is 27.6 Å². The van der Waals surface area contributed by atoms with Crippen molar-refractivity contribution in [1.82, 2.24) is 4.90 Å². The summed E-state index contributed by atoms with van der Waals surface area (Å²) in [6, 6.07) is -0.743. The third kappa shape index (κ3) is 2.89. The van der Waals surface area contributed by atoms with Gasteiger partial charge in [-0.05, 0) is 6.92 Å². The van der Waals surface area contributed by atoms with E-state index in [2.05, 4.69) is 0 Å². The molecular formula is C9H17NO4S2. The molecular weight excluding hydrogens is 250 g/mol. The molecule has 0 radical (unpaired) electrons. The first-order chi connectivity index (χ1) is 7.40. The van der Waals surface area contributed by atoms with Gasteiger partial charge in [0.25, 0.3) is 0 Å². The Labute approximate surface area is 100 Å². The lowest BCUT2D eigenvalue weighted by Crippen LogP contribution is -2.53. The van der Waals surface area contributed by atoms with Crippen LogP contribution < -0.4 is 0 Å². The third-order valence-electron chi connectivity index (χ3n) is 2.80. The number of carboxylic acids is 1. The van der Waals surface area contributed by atoms with E-state index in [-0.39, 0.29) is 5.75 Å². The molecule has 1 N–H and O–H groups in total. The molecule has 7 heteroatoms. The van der Waals surface area contributed by atoms with E-state index in [9.17, 15) is 13.2 Å². The SMILES string of the molecule is CCS(=O)(=O)C1CSCCN1C(C)C(=O)O. The second kappa shape index (κ2) is 5.37. The fourth-order valence-electron chi connectivity index (χ4n) is 1.68. The van der Waals surface area contributed by atoms with Crippen molar-refractivity contribution in [1.29, 1.82) is 0 Å². The topological polar surface area (TPSA) is 74.7 Å². The van der Waals surface area contributed by atoms with Gasteiger partial charge in [-0.2, -0.15) is 11.8 Å². The van der Waals surface area contributed by atoms with Crippen LogP contribution in [0.1, 0.15) is 13.8 Å². The zero-order valence-corrected chi connectivity index (χ0v) is 11.1. The molecule has 1 saturated heterocycles. The van der Waals surface area contributed by atoms with E-state index in [1.807, 2.05) is 0 Å². The number of carbonyl (C=O) groups is 1. The summed E-state index contributed by atoms with van der Waals surface area (Å²) in [7, 11) is -3.21. The van der Waals surface area contributed by atoms with E-state index in [1.165, 1.54) is 6.92 Å². The van der Waals surface area contributed by atoms with Crippen molar-refractivity contribution in [2.45, 2.75) is 25.3 Å². The van der Waals surface area contributed by atoms with Crippen LogP contribution in [0.15, 0.2) is 0 Å². The van der Waals surface area contributed by atoms with Crippen molar-refractivity contribution < 1.29 is 18.3 Å². The first-order valence-corrected chi connectivity index (χ1v) is 8.05. The molecule has 2 atom stereocenters. The molecule has 5 nitrogen and oxygen atoms in total. The van der Waals surface area contributed by atoms with Gasteiger partial charge < -0.3 is 5.11 Å². The Morgan fingerprint density at radius 2 is 2.25 bits per heavy atom. The second-order valence-corrected chi connectivity index (χ2v) is 7.33. The minimum Gasteiger partial charge on any atom is -0.480 e. The van der Waals surface area contributed by atoms with Gasteiger partial charge in [0.15, 0.2) is 9.84 Å². The van der Waals surface area contributed by atoms with E-state index in [4.69, 9.17) is 5.11 Å². The smallest absolute Gasteiger partial charge is 0.320 e. The first-order valence-electron chi connectivity index (χ1n) is 5.18. The summed E-state index contributed by atoms with van der Waals surface area (Å²) in [5.74, 6) is 0.338. The van der Waals surface area contributed by atoms with Crippen LogP contribution in [-0.4, -0.2) is 59.6 Å². The molecule has 0 bridgehead atoms. The molecule has 1 rings (SSSR count). The number of hydrogen-bond acceptors (Lipinski definition) is 5. The molecule has 1 aliphatic heterocycles. The fourth-order valence-corrected chi connectivity index (χ4v) is 4.78. The number of aliphatic carboxylic acids is 1. The van der Waals surface area contributed by atoms with Crippen LogP contribution in [0, 0.1) is 0 Å². The molecule has 16 heavy (non-hydrogen) atoms. The van der Waals surface area contributed by atoms with Crippen LogP contribution in [0.3, 0.4) is 0 Å². The van der Waals surface area contributed by atoms with Gasteiger partial charge in [0, 0.05) is 23.8 Å². The molecule has 0 aromatic heterocycles. The molecule has 1 heterocycles. The minimum atomic E-state index is -3.21. The van der Waals surface area contributed by atoms with Crippen LogP contribution in [0.2, 0.25) is 0 Å². The molecule has 94 valence electrons. The number of carboxylic acid groups (broad SMARTS) is 1. The van der Waals surface area contributed by atoms with E-state index in [1.54, 1.807) is 23.6 Å². The maximum absolute atomic E-state index is 11.8. The number of rotatable bonds is 4. The first kappa shape index (κ1) is 13.8. The molecule has 0 aromatic carbocycles.